The van der Waals surface area contributed by atoms with E-state index in [1.165, 1.54) is 17.8 Å². The Morgan fingerprint density at radius 3 is 2.44 bits per heavy atom. The number of ketones is 1. The molecule has 0 N–H and O–H groups in total. The first kappa shape index (κ1) is 27.5. The number of carbonyl (C=O) groups excluding carboxylic acids is 3. The van der Waals surface area contributed by atoms with Crippen LogP contribution >= 0.6 is 39.0 Å². The molecule has 0 fully saturated rings. The highest BCUT2D eigenvalue weighted by Gasteiger charge is 2.28. The van der Waals surface area contributed by atoms with Crippen molar-refractivity contribution in [1.82, 2.24) is 0 Å². The number of furan rings is 1. The second-order valence-electron chi connectivity index (χ2n) is 7.26. The molecule has 2 aromatic heterocycles. The molecule has 0 saturated heterocycles. The van der Waals surface area contributed by atoms with Crippen molar-refractivity contribution in [2.45, 2.75) is 37.2 Å². The second-order valence-corrected chi connectivity index (χ2v) is 10.3. The van der Waals surface area contributed by atoms with E-state index in [1.54, 1.807) is 26.8 Å². The number of esters is 2. The van der Waals surface area contributed by atoms with Crippen LogP contribution < -0.4 is 0 Å². The second kappa shape index (κ2) is 12.7. The van der Waals surface area contributed by atoms with Crippen LogP contribution in [0.25, 0.3) is 6.08 Å². The van der Waals surface area contributed by atoms with E-state index in [0.717, 1.165) is 16.2 Å². The summed E-state index contributed by atoms with van der Waals surface area (Å²) in [4.78, 5) is 39.6. The number of nitrogens with zero attached hydrogens (tertiary/aromatic N) is 1. The lowest BCUT2D eigenvalue weighted by molar-refractivity contribution is -0.114. The van der Waals surface area contributed by atoms with Crippen LogP contribution in [0.15, 0.2) is 60.8 Å². The van der Waals surface area contributed by atoms with Crippen LogP contribution in [-0.4, -0.2) is 30.9 Å². The number of hydrogen-bond acceptors (Lipinski definition) is 9. The predicted molar refractivity (Wildman–Crippen MR) is 140 cm³/mol. The molecule has 1 aromatic carbocycles. The fraction of sp³-hybridized carbons (Fsp3) is 0.231. The van der Waals surface area contributed by atoms with Crippen LogP contribution in [0.5, 0.6) is 0 Å². The van der Waals surface area contributed by atoms with Crippen molar-refractivity contribution in [3.05, 3.63) is 73.1 Å². The third-order valence-corrected chi connectivity index (χ3v) is 7.94. The lowest BCUT2D eigenvalue weighted by Gasteiger charge is -2.05. The molecule has 186 valence electrons. The molecular weight excluding hydrogens is 566 g/mol. The zero-order chi connectivity index (χ0) is 26.2. The standard InChI is InChI=1S/C26H22BrNO6S2/c1-4-32-24(30)22-15(3)23(25(31)33-5-2)36-21(22)13-20(29)16(14-28)11-17-12-19(27)26(34-17)35-18-9-7-6-8-10-18/h6-12H,4-5,13H2,1-3H3/b16-11+. The highest BCUT2D eigenvalue weighted by molar-refractivity contribution is 9.10. The molecule has 3 aromatic rings. The molecule has 0 aliphatic rings. The fourth-order valence-electron chi connectivity index (χ4n) is 3.22. The van der Waals surface area contributed by atoms with Gasteiger partial charge in [0.2, 0.25) is 0 Å². The van der Waals surface area contributed by atoms with E-state index in [4.69, 9.17) is 13.9 Å². The molecule has 0 aliphatic heterocycles. The van der Waals surface area contributed by atoms with Crippen molar-refractivity contribution in [3.63, 3.8) is 0 Å². The number of thiophene rings is 1. The molecule has 0 amide bonds. The average molecular weight is 589 g/mol. The van der Waals surface area contributed by atoms with Crippen molar-refractivity contribution in [2.75, 3.05) is 13.2 Å². The smallest absolute Gasteiger partial charge is 0.348 e. The molecule has 3 rings (SSSR count). The maximum absolute atomic E-state index is 13.1. The van der Waals surface area contributed by atoms with Crippen LogP contribution in [0.4, 0.5) is 0 Å². The van der Waals surface area contributed by atoms with Crippen LogP contribution in [-0.2, 0) is 20.7 Å². The molecule has 7 nitrogen and oxygen atoms in total. The first-order valence-electron chi connectivity index (χ1n) is 10.9. The van der Waals surface area contributed by atoms with E-state index in [2.05, 4.69) is 15.9 Å². The number of hydrogen-bond donors (Lipinski definition) is 0. The molecule has 0 saturated carbocycles. The molecule has 0 unspecified atom stereocenters. The predicted octanol–water partition coefficient (Wildman–Crippen LogP) is 6.64. The van der Waals surface area contributed by atoms with Gasteiger partial charge in [-0.1, -0.05) is 30.0 Å². The molecule has 36 heavy (non-hydrogen) atoms. The zero-order valence-corrected chi connectivity index (χ0v) is 23.0. The Bertz CT molecular complexity index is 1350. The van der Waals surface area contributed by atoms with Gasteiger partial charge in [-0.3, -0.25) is 4.79 Å². The maximum Gasteiger partial charge on any atom is 0.348 e. The Hall–Kier alpha value is -3.13. The molecule has 2 heterocycles. The summed E-state index contributed by atoms with van der Waals surface area (Å²) >= 11 is 5.84. The number of allylic oxidation sites excluding steroid dienone is 1. The van der Waals surface area contributed by atoms with Crippen molar-refractivity contribution in [3.8, 4) is 6.07 Å². The van der Waals surface area contributed by atoms with E-state index in [1.807, 2.05) is 36.4 Å². The van der Waals surface area contributed by atoms with Gasteiger partial charge in [-0.15, -0.1) is 11.3 Å². The zero-order valence-electron chi connectivity index (χ0n) is 19.8. The number of halogens is 1. The summed E-state index contributed by atoms with van der Waals surface area (Å²) in [5.74, 6) is -1.41. The molecule has 0 aliphatic carbocycles. The van der Waals surface area contributed by atoms with Gasteiger partial charge in [0.15, 0.2) is 10.9 Å². The Labute approximate surface area is 225 Å². The van der Waals surface area contributed by atoms with Gasteiger partial charge in [-0.05, 0) is 60.5 Å². The van der Waals surface area contributed by atoms with Gasteiger partial charge in [0.05, 0.1) is 28.8 Å². The van der Waals surface area contributed by atoms with Crippen molar-refractivity contribution in [1.29, 1.82) is 5.26 Å². The van der Waals surface area contributed by atoms with E-state index >= 15 is 0 Å². The number of nitriles is 1. The summed E-state index contributed by atoms with van der Waals surface area (Å²) in [7, 11) is 0. The summed E-state index contributed by atoms with van der Waals surface area (Å²) in [6.45, 7) is 5.26. The van der Waals surface area contributed by atoms with Gasteiger partial charge >= 0.3 is 11.9 Å². The third kappa shape index (κ3) is 6.55. The first-order chi connectivity index (χ1) is 17.3. The first-order valence-corrected chi connectivity index (χ1v) is 13.3. The number of Topliss-reactive ketones (excluding diaryl/α,β-unsaturated/α-hetero) is 1. The SMILES string of the molecule is CCOC(=O)c1sc(CC(=O)/C(C#N)=C/c2cc(Br)c(Sc3ccccc3)o2)c(C(=O)OCC)c1C. The van der Waals surface area contributed by atoms with E-state index in [9.17, 15) is 19.6 Å². The minimum absolute atomic E-state index is 0.135. The Balaban J connectivity index is 1.89. The van der Waals surface area contributed by atoms with Gasteiger partial charge in [0.25, 0.3) is 0 Å². The lowest BCUT2D eigenvalue weighted by Crippen LogP contribution is -2.12. The van der Waals surface area contributed by atoms with Crippen molar-refractivity contribution in [2.24, 2.45) is 0 Å². The molecule has 0 atom stereocenters. The van der Waals surface area contributed by atoms with Crippen LogP contribution in [0.1, 0.15) is 50.1 Å². The number of benzene rings is 1. The van der Waals surface area contributed by atoms with E-state index < -0.39 is 17.7 Å². The number of rotatable bonds is 10. The van der Waals surface area contributed by atoms with Crippen LogP contribution in [0.3, 0.4) is 0 Å². The molecule has 0 bridgehead atoms. The summed E-state index contributed by atoms with van der Waals surface area (Å²) in [6, 6.07) is 13.2. The molecular formula is C26H22BrNO6S2. The Morgan fingerprint density at radius 1 is 1.14 bits per heavy atom. The molecule has 10 heteroatoms. The van der Waals surface area contributed by atoms with E-state index in [0.29, 0.717) is 25.8 Å². The highest BCUT2D eigenvalue weighted by Crippen LogP contribution is 2.36. The molecule has 0 radical (unpaired) electrons. The van der Waals surface area contributed by atoms with Crippen molar-refractivity contribution >= 4 is 62.8 Å². The molecule has 0 spiro atoms. The van der Waals surface area contributed by atoms with Crippen LogP contribution in [0, 0.1) is 18.3 Å². The normalized spacial score (nSPS) is 11.1. The third-order valence-electron chi connectivity index (χ3n) is 4.82. The van der Waals surface area contributed by atoms with Crippen molar-refractivity contribution < 1.29 is 28.3 Å². The summed E-state index contributed by atoms with van der Waals surface area (Å²) in [5.41, 5.74) is 0.392. The monoisotopic (exact) mass is 587 g/mol. The quantitative estimate of drug-likeness (QED) is 0.148. The largest absolute Gasteiger partial charge is 0.462 e. The number of ether oxygens (including phenoxy) is 2. The fourth-order valence-corrected chi connectivity index (χ4v) is 5.76. The minimum atomic E-state index is -0.635. The van der Waals surface area contributed by atoms with Gasteiger partial charge < -0.3 is 13.9 Å². The topological polar surface area (TPSA) is 107 Å². The summed E-state index contributed by atoms with van der Waals surface area (Å²) in [6.07, 6.45) is 1.10. The maximum atomic E-state index is 13.1. The van der Waals surface area contributed by atoms with Gasteiger partial charge in [0.1, 0.15) is 16.7 Å². The van der Waals surface area contributed by atoms with E-state index in [-0.39, 0.29) is 35.6 Å². The van der Waals surface area contributed by atoms with Gasteiger partial charge in [-0.2, -0.15) is 5.26 Å². The van der Waals surface area contributed by atoms with Gasteiger partial charge in [0, 0.05) is 22.3 Å². The Morgan fingerprint density at radius 2 is 1.81 bits per heavy atom. The average Bonchev–Trinajstić information content (AvgIpc) is 3.36. The summed E-state index contributed by atoms with van der Waals surface area (Å²) < 4.78 is 16.7. The Kier molecular flexibility index (Phi) is 9.70. The minimum Gasteiger partial charge on any atom is -0.462 e. The summed E-state index contributed by atoms with van der Waals surface area (Å²) in [5, 5.41) is 10.2. The number of carbonyl (C=O) groups is 3. The van der Waals surface area contributed by atoms with Crippen LogP contribution in [0.2, 0.25) is 0 Å². The lowest BCUT2D eigenvalue weighted by atomic mass is 10.0. The highest BCUT2D eigenvalue weighted by atomic mass is 79.9. The van der Waals surface area contributed by atoms with Gasteiger partial charge in [-0.25, -0.2) is 9.59 Å².